The molecule has 2 heteroatoms. The standard InChI is InChI=1S/C21H24O2/c1-3-20-11-9-17-16-8-6-15(22)13-14(16)5-7-18(17)19(20)10-12-21(20,23)4-2/h2,9,11,13,18-19,23H,3,5-8,10,12H2,1H3/t18?,19?,20-,21-/m0/s1. The van der Waals surface area contributed by atoms with E-state index in [1.807, 2.05) is 6.08 Å². The first kappa shape index (κ1) is 15.0. The van der Waals surface area contributed by atoms with Gasteiger partial charge in [0.15, 0.2) is 5.78 Å². The Morgan fingerprint density at radius 3 is 2.91 bits per heavy atom. The molecule has 0 bridgehead atoms. The van der Waals surface area contributed by atoms with Gasteiger partial charge in [0.05, 0.1) is 0 Å². The molecule has 2 unspecified atom stereocenters. The molecule has 0 aromatic rings. The maximum atomic E-state index is 11.7. The summed E-state index contributed by atoms with van der Waals surface area (Å²) in [5.74, 6) is 3.91. The highest BCUT2D eigenvalue weighted by Gasteiger charge is 2.60. The van der Waals surface area contributed by atoms with Crippen LogP contribution in [0.25, 0.3) is 0 Å². The summed E-state index contributed by atoms with van der Waals surface area (Å²) in [5.41, 5.74) is 2.80. The van der Waals surface area contributed by atoms with Gasteiger partial charge in [-0.05, 0) is 73.2 Å². The Morgan fingerprint density at radius 1 is 1.35 bits per heavy atom. The number of allylic oxidation sites excluding steroid dienone is 5. The summed E-state index contributed by atoms with van der Waals surface area (Å²) in [7, 11) is 0. The zero-order valence-corrected chi connectivity index (χ0v) is 13.8. The van der Waals surface area contributed by atoms with Crippen LogP contribution < -0.4 is 0 Å². The van der Waals surface area contributed by atoms with Gasteiger partial charge in [0.2, 0.25) is 0 Å². The van der Waals surface area contributed by atoms with Gasteiger partial charge in [-0.15, -0.1) is 6.42 Å². The zero-order valence-electron chi connectivity index (χ0n) is 13.8. The number of carbonyl (C=O) groups is 1. The Hall–Kier alpha value is -1.59. The van der Waals surface area contributed by atoms with Gasteiger partial charge in [-0.1, -0.05) is 25.0 Å². The minimum absolute atomic E-state index is 0.271. The van der Waals surface area contributed by atoms with Gasteiger partial charge in [-0.25, -0.2) is 0 Å². The zero-order chi connectivity index (χ0) is 16.2. The molecule has 1 N–H and O–H groups in total. The summed E-state index contributed by atoms with van der Waals surface area (Å²) >= 11 is 0. The fourth-order valence-corrected chi connectivity index (χ4v) is 5.75. The van der Waals surface area contributed by atoms with Crippen LogP contribution in [0.3, 0.4) is 0 Å². The third-order valence-electron chi connectivity index (χ3n) is 6.94. The van der Waals surface area contributed by atoms with Crippen LogP contribution in [0.4, 0.5) is 0 Å². The van der Waals surface area contributed by atoms with Crippen molar-refractivity contribution in [2.75, 3.05) is 0 Å². The van der Waals surface area contributed by atoms with E-state index in [0.29, 0.717) is 24.7 Å². The molecule has 1 fully saturated rings. The normalized spacial score (nSPS) is 41.8. The molecule has 0 aromatic heterocycles. The molecule has 120 valence electrons. The van der Waals surface area contributed by atoms with Gasteiger partial charge < -0.3 is 5.11 Å². The number of aliphatic hydroxyl groups is 1. The van der Waals surface area contributed by atoms with Gasteiger partial charge in [0, 0.05) is 11.8 Å². The SMILES string of the molecule is C#C[C@]1(O)CCC2C3CCC4=CC(=O)CCC4=C3C=C[C@@]21CC. The molecular formula is C21H24O2. The third-order valence-corrected chi connectivity index (χ3v) is 6.94. The van der Waals surface area contributed by atoms with Crippen LogP contribution in [0.5, 0.6) is 0 Å². The average Bonchev–Trinajstić information content (AvgIpc) is 2.88. The topological polar surface area (TPSA) is 37.3 Å². The van der Waals surface area contributed by atoms with Crippen molar-refractivity contribution in [3.63, 3.8) is 0 Å². The van der Waals surface area contributed by atoms with Gasteiger partial charge in [-0.3, -0.25) is 4.79 Å². The van der Waals surface area contributed by atoms with Crippen molar-refractivity contribution in [3.8, 4) is 12.3 Å². The van der Waals surface area contributed by atoms with Gasteiger partial charge in [0.1, 0.15) is 5.60 Å². The molecule has 4 aliphatic rings. The molecule has 23 heavy (non-hydrogen) atoms. The number of ketones is 1. The summed E-state index contributed by atoms with van der Waals surface area (Å²) in [4.78, 5) is 11.7. The minimum atomic E-state index is -1.00. The maximum Gasteiger partial charge on any atom is 0.156 e. The van der Waals surface area contributed by atoms with E-state index >= 15 is 0 Å². The third kappa shape index (κ3) is 1.83. The van der Waals surface area contributed by atoms with Crippen molar-refractivity contribution in [1.82, 2.24) is 0 Å². The summed E-state index contributed by atoms with van der Waals surface area (Å²) in [6, 6.07) is 0. The van der Waals surface area contributed by atoms with Gasteiger partial charge in [-0.2, -0.15) is 0 Å². The Balaban J connectivity index is 1.85. The molecule has 4 aliphatic carbocycles. The average molecular weight is 308 g/mol. The summed E-state index contributed by atoms with van der Waals surface area (Å²) < 4.78 is 0. The monoisotopic (exact) mass is 308 g/mol. The second-order valence-electron chi connectivity index (χ2n) is 7.59. The molecule has 0 saturated heterocycles. The van der Waals surface area contributed by atoms with Crippen molar-refractivity contribution in [3.05, 3.63) is 34.9 Å². The van der Waals surface area contributed by atoms with Crippen molar-refractivity contribution in [2.24, 2.45) is 17.3 Å². The number of hydrogen-bond acceptors (Lipinski definition) is 2. The largest absolute Gasteiger partial charge is 0.377 e. The van der Waals surface area contributed by atoms with Crippen LogP contribution in [-0.2, 0) is 4.79 Å². The van der Waals surface area contributed by atoms with Crippen LogP contribution in [0.2, 0.25) is 0 Å². The van der Waals surface area contributed by atoms with E-state index in [1.54, 1.807) is 0 Å². The number of carbonyl (C=O) groups excluding carboxylic acids is 1. The number of rotatable bonds is 1. The second kappa shape index (κ2) is 4.95. The van der Waals surface area contributed by atoms with Crippen molar-refractivity contribution in [2.45, 2.75) is 57.5 Å². The van der Waals surface area contributed by atoms with Crippen molar-refractivity contribution >= 4 is 5.78 Å². The molecule has 2 nitrogen and oxygen atoms in total. The first-order chi connectivity index (χ1) is 11.0. The number of hydrogen-bond donors (Lipinski definition) is 1. The molecule has 0 heterocycles. The lowest BCUT2D eigenvalue weighted by molar-refractivity contribution is -0.114. The highest BCUT2D eigenvalue weighted by Crippen LogP contribution is 2.62. The fraction of sp³-hybridized carbons (Fsp3) is 0.571. The van der Waals surface area contributed by atoms with E-state index in [2.05, 4.69) is 25.0 Å². The molecule has 0 spiro atoms. The Morgan fingerprint density at radius 2 is 2.17 bits per heavy atom. The number of fused-ring (bicyclic) bond motifs is 4. The lowest BCUT2D eigenvalue weighted by Crippen LogP contribution is -2.48. The summed E-state index contributed by atoms with van der Waals surface area (Å²) in [5, 5.41) is 11.0. The first-order valence-corrected chi connectivity index (χ1v) is 8.91. The molecule has 1 saturated carbocycles. The highest BCUT2D eigenvalue weighted by molar-refractivity contribution is 5.93. The summed E-state index contributed by atoms with van der Waals surface area (Å²) in [6.07, 6.45) is 18.2. The van der Waals surface area contributed by atoms with Crippen LogP contribution >= 0.6 is 0 Å². The number of terminal acetylenes is 1. The molecule has 4 atom stereocenters. The predicted molar refractivity (Wildman–Crippen MR) is 90.4 cm³/mol. The van der Waals surface area contributed by atoms with E-state index in [-0.39, 0.29) is 11.2 Å². The van der Waals surface area contributed by atoms with Gasteiger partial charge >= 0.3 is 0 Å². The highest BCUT2D eigenvalue weighted by atomic mass is 16.3. The quantitative estimate of drug-likeness (QED) is 0.750. The Bertz CT molecular complexity index is 702. The smallest absolute Gasteiger partial charge is 0.156 e. The molecule has 0 aromatic carbocycles. The predicted octanol–water partition coefficient (Wildman–Crippen LogP) is 3.72. The van der Waals surface area contributed by atoms with E-state index in [4.69, 9.17) is 6.42 Å². The fourth-order valence-electron chi connectivity index (χ4n) is 5.75. The second-order valence-corrected chi connectivity index (χ2v) is 7.59. The lowest BCUT2D eigenvalue weighted by Gasteiger charge is -2.48. The van der Waals surface area contributed by atoms with E-state index in [1.165, 1.54) is 16.7 Å². The lowest BCUT2D eigenvalue weighted by atomic mass is 9.56. The van der Waals surface area contributed by atoms with Gasteiger partial charge in [0.25, 0.3) is 0 Å². The van der Waals surface area contributed by atoms with Crippen molar-refractivity contribution < 1.29 is 9.90 Å². The molecular weight excluding hydrogens is 284 g/mol. The van der Waals surface area contributed by atoms with E-state index in [9.17, 15) is 9.90 Å². The van der Waals surface area contributed by atoms with Crippen molar-refractivity contribution in [1.29, 1.82) is 0 Å². The van der Waals surface area contributed by atoms with E-state index in [0.717, 1.165) is 32.1 Å². The van der Waals surface area contributed by atoms with Crippen LogP contribution in [-0.4, -0.2) is 16.5 Å². The first-order valence-electron chi connectivity index (χ1n) is 8.91. The Labute approximate surface area is 138 Å². The van der Waals surface area contributed by atoms with Crippen LogP contribution in [0, 0.1) is 29.6 Å². The molecule has 0 aliphatic heterocycles. The summed E-state index contributed by atoms with van der Waals surface area (Å²) in [6.45, 7) is 2.15. The minimum Gasteiger partial charge on any atom is -0.377 e. The molecule has 4 rings (SSSR count). The molecule has 0 amide bonds. The Kier molecular flexibility index (Phi) is 3.22. The van der Waals surface area contributed by atoms with Crippen LogP contribution in [0.1, 0.15) is 51.9 Å². The van der Waals surface area contributed by atoms with E-state index < -0.39 is 5.60 Å². The maximum absolute atomic E-state index is 11.7. The molecule has 0 radical (unpaired) electrons. The van der Waals surface area contributed by atoms with Crippen LogP contribution in [0.15, 0.2) is 34.9 Å².